The van der Waals surface area contributed by atoms with Crippen LogP contribution in [0.3, 0.4) is 0 Å². The highest BCUT2D eigenvalue weighted by atomic mass is 16.5. The van der Waals surface area contributed by atoms with E-state index in [1.807, 2.05) is 10.6 Å². The lowest BCUT2D eigenvalue weighted by molar-refractivity contribution is -0.126. The Hall–Kier alpha value is -2.83. The molecule has 1 aliphatic heterocycles. The van der Waals surface area contributed by atoms with Gasteiger partial charge in [-0.3, -0.25) is 9.59 Å². The predicted molar refractivity (Wildman–Crippen MR) is 97.9 cm³/mol. The summed E-state index contributed by atoms with van der Waals surface area (Å²) in [5.74, 6) is 0.280. The fraction of sp³-hybridized carbons (Fsp3) is 0.421. The number of benzene rings is 1. The lowest BCUT2D eigenvalue weighted by Gasteiger charge is -2.25. The second-order valence-corrected chi connectivity index (χ2v) is 6.91. The van der Waals surface area contributed by atoms with Crippen LogP contribution in [0.1, 0.15) is 37.4 Å². The first-order chi connectivity index (χ1) is 12.5. The number of carbonyl (C=O) groups is 2. The third-order valence-corrected chi connectivity index (χ3v) is 4.42. The maximum atomic E-state index is 12.8. The van der Waals surface area contributed by atoms with Gasteiger partial charge in [-0.2, -0.15) is 0 Å². The van der Waals surface area contributed by atoms with Crippen molar-refractivity contribution >= 4 is 17.5 Å². The highest BCUT2D eigenvalue weighted by molar-refractivity contribution is 6.01. The number of methoxy groups -OCH3 is 1. The molecule has 7 nitrogen and oxygen atoms in total. The van der Waals surface area contributed by atoms with Crippen LogP contribution in [0.15, 0.2) is 30.7 Å². The van der Waals surface area contributed by atoms with Gasteiger partial charge in [0.05, 0.1) is 31.6 Å². The number of aromatic nitrogens is 2. The van der Waals surface area contributed by atoms with Crippen molar-refractivity contribution in [3.05, 3.63) is 42.0 Å². The Kier molecular flexibility index (Phi) is 5.25. The zero-order chi connectivity index (χ0) is 18.7. The van der Waals surface area contributed by atoms with Crippen molar-refractivity contribution in [2.75, 3.05) is 12.4 Å². The number of carbonyl (C=O) groups excluding carboxylic acids is 2. The number of hydrogen-bond donors (Lipinski definition) is 2. The Morgan fingerprint density at radius 2 is 2.27 bits per heavy atom. The number of rotatable bonds is 6. The fourth-order valence-electron chi connectivity index (χ4n) is 3.15. The second-order valence-electron chi connectivity index (χ2n) is 6.91. The Bertz CT molecular complexity index is 813. The molecule has 1 atom stereocenters. The molecule has 0 fully saturated rings. The molecule has 0 bridgehead atoms. The van der Waals surface area contributed by atoms with Gasteiger partial charge in [-0.1, -0.05) is 13.8 Å². The van der Waals surface area contributed by atoms with Gasteiger partial charge in [0.2, 0.25) is 11.8 Å². The van der Waals surface area contributed by atoms with Crippen LogP contribution in [0.25, 0.3) is 0 Å². The summed E-state index contributed by atoms with van der Waals surface area (Å²) in [5.41, 5.74) is 2.38. The number of amides is 2. The molecule has 2 aromatic rings. The largest absolute Gasteiger partial charge is 0.497 e. The van der Waals surface area contributed by atoms with Gasteiger partial charge < -0.3 is 19.9 Å². The summed E-state index contributed by atoms with van der Waals surface area (Å²) in [5, 5.41) is 5.75. The maximum Gasteiger partial charge on any atom is 0.228 e. The highest BCUT2D eigenvalue weighted by Gasteiger charge is 2.31. The lowest BCUT2D eigenvalue weighted by Crippen LogP contribution is -2.35. The van der Waals surface area contributed by atoms with E-state index in [1.165, 1.54) is 0 Å². The third-order valence-electron chi connectivity index (χ3n) is 4.42. The molecule has 0 aliphatic carbocycles. The van der Waals surface area contributed by atoms with E-state index in [1.54, 1.807) is 31.8 Å². The van der Waals surface area contributed by atoms with Crippen molar-refractivity contribution in [3.63, 3.8) is 0 Å². The van der Waals surface area contributed by atoms with Crippen LogP contribution < -0.4 is 15.4 Å². The molecule has 2 N–H and O–H groups in total. The maximum absolute atomic E-state index is 12.8. The van der Waals surface area contributed by atoms with Crippen molar-refractivity contribution < 1.29 is 14.3 Å². The van der Waals surface area contributed by atoms with E-state index in [-0.39, 0.29) is 18.2 Å². The molecule has 0 spiro atoms. The van der Waals surface area contributed by atoms with Crippen LogP contribution in [0.5, 0.6) is 5.75 Å². The first-order valence-electron chi connectivity index (χ1n) is 8.72. The van der Waals surface area contributed by atoms with Crippen LogP contribution in [-0.4, -0.2) is 28.5 Å². The van der Waals surface area contributed by atoms with Crippen molar-refractivity contribution in [2.45, 2.75) is 39.3 Å². The first-order valence-corrected chi connectivity index (χ1v) is 8.72. The average molecular weight is 356 g/mol. The molecular formula is C19H24N4O3. The third kappa shape index (κ3) is 3.87. The zero-order valence-electron chi connectivity index (χ0n) is 15.3. The summed E-state index contributed by atoms with van der Waals surface area (Å²) in [6.45, 7) is 5.49. The summed E-state index contributed by atoms with van der Waals surface area (Å²) < 4.78 is 7.29. The summed E-state index contributed by atoms with van der Waals surface area (Å²) in [7, 11) is 1.58. The van der Waals surface area contributed by atoms with Crippen LogP contribution in [0.2, 0.25) is 0 Å². The van der Waals surface area contributed by atoms with Gasteiger partial charge in [0, 0.05) is 24.8 Å². The van der Waals surface area contributed by atoms with E-state index in [0.717, 1.165) is 17.8 Å². The molecule has 2 amide bonds. The number of nitrogens with zero attached hydrogens (tertiary/aromatic N) is 2. The second kappa shape index (κ2) is 7.59. The average Bonchev–Trinajstić information content (AvgIpc) is 3.04. The summed E-state index contributed by atoms with van der Waals surface area (Å²) in [4.78, 5) is 28.9. The molecular weight excluding hydrogens is 332 g/mol. The fourth-order valence-corrected chi connectivity index (χ4v) is 3.15. The topological polar surface area (TPSA) is 85.2 Å². The van der Waals surface area contributed by atoms with E-state index in [0.29, 0.717) is 23.9 Å². The first kappa shape index (κ1) is 18.0. The molecule has 1 aliphatic rings. The quantitative estimate of drug-likeness (QED) is 0.832. The minimum absolute atomic E-state index is 0.122. The molecule has 2 heterocycles. The smallest absolute Gasteiger partial charge is 0.228 e. The number of nitrogens with one attached hydrogen (secondary N) is 2. The molecule has 3 rings (SSSR count). The molecule has 1 aromatic heterocycles. The van der Waals surface area contributed by atoms with E-state index >= 15 is 0 Å². The van der Waals surface area contributed by atoms with Gasteiger partial charge in [-0.15, -0.1) is 0 Å². The number of fused-ring (bicyclic) bond motifs is 1. The van der Waals surface area contributed by atoms with Gasteiger partial charge in [-0.05, 0) is 29.7 Å². The van der Waals surface area contributed by atoms with Crippen molar-refractivity contribution in [2.24, 2.45) is 5.92 Å². The van der Waals surface area contributed by atoms with Gasteiger partial charge in [-0.25, -0.2) is 4.98 Å². The van der Waals surface area contributed by atoms with Gasteiger partial charge in [0.15, 0.2) is 0 Å². The van der Waals surface area contributed by atoms with E-state index in [2.05, 4.69) is 29.5 Å². The summed E-state index contributed by atoms with van der Waals surface area (Å²) in [6, 6.07) is 5.34. The lowest BCUT2D eigenvalue weighted by atomic mass is 9.89. The minimum Gasteiger partial charge on any atom is -0.497 e. The van der Waals surface area contributed by atoms with Crippen molar-refractivity contribution in [1.82, 2.24) is 14.9 Å². The standard InChI is InChI=1S/C19H24N4O3/c1-12(2)10-23-11-20-8-13(23)9-21-19(25)16-7-18(24)22-17-5-4-14(26-3)6-15(16)17/h4-6,8,11-12,16H,7,9-10H2,1-3H3,(H,21,25)(H,22,24). The Labute approximate surface area is 152 Å². The number of anilines is 1. The molecule has 0 saturated carbocycles. The molecule has 1 unspecified atom stereocenters. The molecule has 138 valence electrons. The number of imidazole rings is 1. The minimum atomic E-state index is -0.532. The SMILES string of the molecule is COc1ccc2c(c1)C(C(=O)NCc1cncn1CC(C)C)CC(=O)N2. The van der Waals surface area contributed by atoms with E-state index in [9.17, 15) is 9.59 Å². The predicted octanol–water partition coefficient (Wildman–Crippen LogP) is 2.29. The number of ether oxygens (including phenoxy) is 1. The van der Waals surface area contributed by atoms with Crippen LogP contribution in [0.4, 0.5) is 5.69 Å². The van der Waals surface area contributed by atoms with Gasteiger partial charge >= 0.3 is 0 Å². The summed E-state index contributed by atoms with van der Waals surface area (Å²) in [6.07, 6.45) is 3.65. The zero-order valence-corrected chi connectivity index (χ0v) is 15.3. The van der Waals surface area contributed by atoms with Crippen LogP contribution in [0, 0.1) is 5.92 Å². The molecule has 1 aromatic carbocycles. The molecule has 7 heteroatoms. The highest BCUT2D eigenvalue weighted by Crippen LogP contribution is 2.35. The van der Waals surface area contributed by atoms with Crippen molar-refractivity contribution in [3.8, 4) is 5.75 Å². The monoisotopic (exact) mass is 356 g/mol. The van der Waals surface area contributed by atoms with Crippen molar-refractivity contribution in [1.29, 1.82) is 0 Å². The van der Waals surface area contributed by atoms with E-state index in [4.69, 9.17) is 4.74 Å². The molecule has 0 radical (unpaired) electrons. The van der Waals surface area contributed by atoms with Gasteiger partial charge in [0.25, 0.3) is 0 Å². The molecule has 26 heavy (non-hydrogen) atoms. The van der Waals surface area contributed by atoms with Crippen LogP contribution in [-0.2, 0) is 22.7 Å². The Balaban J connectivity index is 1.74. The molecule has 0 saturated heterocycles. The van der Waals surface area contributed by atoms with Gasteiger partial charge in [0.1, 0.15) is 5.75 Å². The normalized spacial score (nSPS) is 16.2. The van der Waals surface area contributed by atoms with E-state index < -0.39 is 5.92 Å². The van der Waals surface area contributed by atoms with Crippen LogP contribution >= 0.6 is 0 Å². The summed E-state index contributed by atoms with van der Waals surface area (Å²) >= 11 is 0. The Morgan fingerprint density at radius 3 is 3.00 bits per heavy atom. The number of hydrogen-bond acceptors (Lipinski definition) is 4. The Morgan fingerprint density at radius 1 is 1.46 bits per heavy atom.